The molecule has 25 nitrogen and oxygen atoms in total. The number of carboxylic acid groups (broad SMARTS) is 1. The van der Waals surface area contributed by atoms with Gasteiger partial charge in [0, 0.05) is 34.4 Å². The number of phenols is 1. The van der Waals surface area contributed by atoms with Crippen molar-refractivity contribution in [2.75, 3.05) is 112 Å². The van der Waals surface area contributed by atoms with Gasteiger partial charge in [0.05, 0.1) is 129 Å². The number of aromatic carboxylic acids is 1. The second-order valence-electron chi connectivity index (χ2n) is 19.5. The standard InChI is InChI=1S/C12H14O5.C11H14O4.C10H10Br2O3.C10H12O4.C10H12O3.C9H12O3.C8H8O3/c1-14-10-7-8(12-16-5-6-17-12)3-4-9(10)11(13)15-2;1-13-10-6-8(2-3-9(10)7-12)11-14-4-5-15-11;1-14-8-5-6(9(11)12)3-4-7(8)10(13)15-2;1-12-7-4-5-8(10(11)14-3)9(6-7)13-2;1-7-4-5-8(10(11)13-3)9(6-7)12-2;1-11-8-4-3-7(6-10)9(5-8)12-2;1-5-2-3-6(8(10)11)7(9)4-5/h3-4,7,12H,5-6H2,1-2H3;2-3,6,11-12H,4-5,7H2,1H3;3-5,9H,1-2H3;4-6H,1-3H3;4-6H,1-3H3;3-5,10H,6H2,1-2H3;2-4,9H,1H3,(H,10,11). The summed E-state index contributed by atoms with van der Waals surface area (Å²) >= 11 is 6.74. The molecule has 0 spiro atoms. The number of carboxylic acids is 1. The number of alkyl halides is 2. The number of carbonyl (C=O) groups is 5. The first kappa shape index (κ1) is 82.0. The van der Waals surface area contributed by atoms with Gasteiger partial charge in [-0.15, -0.1) is 0 Å². The van der Waals surface area contributed by atoms with E-state index in [1.165, 1.54) is 69.0 Å². The second kappa shape index (κ2) is 43.8. The molecule has 2 saturated heterocycles. The SMILES string of the molecule is COC(=O)c1ccc(C(Br)Br)cc1OC.COC(=O)c1ccc(C)cc1OC.COC(=O)c1ccc(C2OCCO2)cc1OC.COC(=O)c1ccc(OC)cc1OC.COc1cc(C2OCCO2)ccc1CO.COc1ccc(CO)c(OC)c1.Cc1ccc(C(=O)O)c(O)c1. The number of carbonyl (C=O) groups excluding carboxylic acids is 4. The molecule has 526 valence electrons. The lowest BCUT2D eigenvalue weighted by Crippen LogP contribution is -2.06. The molecule has 0 aliphatic carbocycles. The summed E-state index contributed by atoms with van der Waals surface area (Å²) in [6, 6.07) is 35.9. The highest BCUT2D eigenvalue weighted by molar-refractivity contribution is 9.24. The van der Waals surface area contributed by atoms with Crippen molar-refractivity contribution in [1.29, 1.82) is 0 Å². The van der Waals surface area contributed by atoms with Crippen LogP contribution in [0.2, 0.25) is 0 Å². The molecule has 0 saturated carbocycles. The third kappa shape index (κ3) is 25.7. The molecule has 4 N–H and O–H groups in total. The van der Waals surface area contributed by atoms with Crippen LogP contribution in [0.4, 0.5) is 0 Å². The number of aromatic hydroxyl groups is 1. The molecule has 9 rings (SSSR count). The number of methoxy groups -OCH3 is 12. The highest BCUT2D eigenvalue weighted by Gasteiger charge is 2.23. The molecule has 2 heterocycles. The molecule has 0 amide bonds. The Bertz CT molecular complexity index is 3620. The third-order valence-corrected chi connectivity index (χ3v) is 14.5. The number of hydrogen-bond acceptors (Lipinski definition) is 24. The number of aryl methyl sites for hydroxylation is 2. The van der Waals surface area contributed by atoms with Crippen molar-refractivity contribution in [3.05, 3.63) is 194 Å². The fourth-order valence-corrected chi connectivity index (χ4v) is 8.92. The molecule has 7 aromatic carbocycles. The smallest absolute Gasteiger partial charge is 0.341 e. The monoisotopic (exact) mass is 1480 g/mol. The Kier molecular flexibility index (Phi) is 37.0. The van der Waals surface area contributed by atoms with E-state index in [-0.39, 0.29) is 46.8 Å². The lowest BCUT2D eigenvalue weighted by atomic mass is 10.1. The number of hydrogen-bond donors (Lipinski definition) is 4. The van der Waals surface area contributed by atoms with E-state index < -0.39 is 23.9 Å². The van der Waals surface area contributed by atoms with E-state index >= 15 is 0 Å². The number of benzene rings is 7. The summed E-state index contributed by atoms with van der Waals surface area (Å²) in [5.74, 6) is 1.69. The van der Waals surface area contributed by atoms with Crippen LogP contribution in [-0.4, -0.2) is 162 Å². The van der Waals surface area contributed by atoms with E-state index in [2.05, 4.69) is 50.8 Å². The summed E-state index contributed by atoms with van der Waals surface area (Å²) in [7, 11) is 17.7. The maximum Gasteiger partial charge on any atom is 0.341 e. The van der Waals surface area contributed by atoms with Crippen LogP contribution in [0.15, 0.2) is 127 Å². The third-order valence-electron chi connectivity index (χ3n) is 13.4. The Morgan fingerprint density at radius 3 is 1.11 bits per heavy atom. The number of aliphatic hydroxyl groups excluding tert-OH is 2. The highest BCUT2D eigenvalue weighted by atomic mass is 79.9. The molecular weight excluding hydrogens is 1400 g/mol. The van der Waals surface area contributed by atoms with Gasteiger partial charge in [-0.05, 0) is 109 Å². The normalized spacial score (nSPS) is 11.9. The van der Waals surface area contributed by atoms with E-state index in [4.69, 9.17) is 77.3 Å². The summed E-state index contributed by atoms with van der Waals surface area (Å²) in [6.07, 6.45) is -0.678. The molecule has 0 radical (unpaired) electrons. The lowest BCUT2D eigenvalue weighted by molar-refractivity contribution is -0.0444. The van der Waals surface area contributed by atoms with E-state index in [1.54, 1.807) is 120 Å². The van der Waals surface area contributed by atoms with Crippen molar-refractivity contribution >= 4 is 61.7 Å². The number of esters is 4. The van der Waals surface area contributed by atoms with Gasteiger partial charge in [-0.3, -0.25) is 0 Å². The summed E-state index contributed by atoms with van der Waals surface area (Å²) < 4.78 is 80.6. The highest BCUT2D eigenvalue weighted by Crippen LogP contribution is 2.34. The number of aliphatic hydroxyl groups is 2. The van der Waals surface area contributed by atoms with Gasteiger partial charge < -0.3 is 96.2 Å². The second-order valence-corrected chi connectivity index (χ2v) is 22.6. The predicted octanol–water partition coefficient (Wildman–Crippen LogP) is 11.9. The summed E-state index contributed by atoms with van der Waals surface area (Å²) in [6.45, 7) is 6.05. The van der Waals surface area contributed by atoms with Crippen LogP contribution in [0.1, 0.15) is 107 Å². The van der Waals surface area contributed by atoms with E-state index in [1.807, 2.05) is 37.3 Å². The molecule has 0 unspecified atom stereocenters. The van der Waals surface area contributed by atoms with Gasteiger partial charge in [0.1, 0.15) is 79.6 Å². The van der Waals surface area contributed by atoms with E-state index in [9.17, 15) is 24.0 Å². The molecule has 2 fully saturated rings. The molecule has 7 aromatic rings. The van der Waals surface area contributed by atoms with Crippen LogP contribution in [0.3, 0.4) is 0 Å². The fourth-order valence-electron chi connectivity index (χ4n) is 8.35. The minimum Gasteiger partial charge on any atom is -0.507 e. The van der Waals surface area contributed by atoms with Gasteiger partial charge in [0.15, 0.2) is 12.6 Å². The Labute approximate surface area is 580 Å². The minimum absolute atomic E-state index is 0.0207. The van der Waals surface area contributed by atoms with Gasteiger partial charge >= 0.3 is 29.8 Å². The van der Waals surface area contributed by atoms with Crippen LogP contribution in [0.25, 0.3) is 0 Å². The molecule has 2 aliphatic heterocycles. The zero-order valence-corrected chi connectivity index (χ0v) is 59.4. The Morgan fingerprint density at radius 1 is 0.402 bits per heavy atom. The zero-order chi connectivity index (χ0) is 72.1. The van der Waals surface area contributed by atoms with Crippen molar-refractivity contribution in [1.82, 2.24) is 0 Å². The first-order valence-corrected chi connectivity index (χ1v) is 30.8. The predicted molar refractivity (Wildman–Crippen MR) is 363 cm³/mol. The van der Waals surface area contributed by atoms with Gasteiger partial charge in [-0.2, -0.15) is 0 Å². The van der Waals surface area contributed by atoms with Crippen LogP contribution in [0.5, 0.6) is 51.7 Å². The lowest BCUT2D eigenvalue weighted by Gasteiger charge is -2.12. The largest absolute Gasteiger partial charge is 0.507 e. The van der Waals surface area contributed by atoms with Crippen molar-refractivity contribution in [3.63, 3.8) is 0 Å². The van der Waals surface area contributed by atoms with E-state index in [0.717, 1.165) is 44.7 Å². The summed E-state index contributed by atoms with van der Waals surface area (Å²) in [5.41, 5.74) is 7.71. The van der Waals surface area contributed by atoms with Crippen molar-refractivity contribution in [2.24, 2.45) is 0 Å². The molecule has 27 heteroatoms. The number of ether oxygens (including phenoxy) is 16. The molecule has 0 bridgehead atoms. The first-order valence-electron chi connectivity index (χ1n) is 29.0. The molecular formula is C70H82Br2O25. The molecule has 2 aliphatic rings. The maximum atomic E-state index is 11.5. The molecule has 0 aromatic heterocycles. The van der Waals surface area contributed by atoms with Crippen molar-refractivity contribution in [3.8, 4) is 51.7 Å². The van der Waals surface area contributed by atoms with Gasteiger partial charge in [-0.1, -0.05) is 68.3 Å². The Morgan fingerprint density at radius 2 is 0.722 bits per heavy atom. The average Bonchev–Trinajstić information content (AvgIpc) is 1.72. The Hall–Kier alpha value is -9.19. The van der Waals surface area contributed by atoms with Crippen LogP contribution >= 0.6 is 31.9 Å². The minimum atomic E-state index is -1.11. The van der Waals surface area contributed by atoms with Crippen LogP contribution < -0.4 is 37.9 Å². The zero-order valence-electron chi connectivity index (χ0n) is 56.2. The average molecular weight is 1480 g/mol. The number of rotatable bonds is 18. The van der Waals surface area contributed by atoms with Crippen molar-refractivity contribution in [2.45, 2.75) is 43.4 Å². The summed E-state index contributed by atoms with van der Waals surface area (Å²) in [5, 5.41) is 35.5. The van der Waals surface area contributed by atoms with Gasteiger partial charge in [-0.25, -0.2) is 24.0 Å². The molecule has 97 heavy (non-hydrogen) atoms. The van der Waals surface area contributed by atoms with Gasteiger partial charge in [0.25, 0.3) is 0 Å². The first-order chi connectivity index (χ1) is 46.5. The van der Waals surface area contributed by atoms with Crippen molar-refractivity contribution < 1.29 is 120 Å². The fraction of sp³-hybridized carbons (Fsp3) is 0.329. The van der Waals surface area contributed by atoms with E-state index in [0.29, 0.717) is 88.9 Å². The number of halogens is 2. The van der Waals surface area contributed by atoms with Gasteiger partial charge in [0.2, 0.25) is 0 Å². The maximum absolute atomic E-state index is 11.5. The summed E-state index contributed by atoms with van der Waals surface area (Å²) in [4.78, 5) is 55.6. The quantitative estimate of drug-likeness (QED) is 0.0352. The van der Waals surface area contributed by atoms with Crippen LogP contribution in [0, 0.1) is 13.8 Å². The van der Waals surface area contributed by atoms with Crippen LogP contribution in [-0.2, 0) is 51.1 Å². The Balaban J connectivity index is 0.000000296. The molecule has 0 atom stereocenters. The topological polar surface area (TPSA) is 314 Å².